The number of fused-ring (bicyclic) bond motifs is 1. The number of hydrogen-bond acceptors (Lipinski definition) is 2. The molecule has 2 N–H and O–H groups in total. The first-order chi connectivity index (χ1) is 9.74. The van der Waals surface area contributed by atoms with Gasteiger partial charge in [-0.25, -0.2) is 0 Å². The summed E-state index contributed by atoms with van der Waals surface area (Å²) < 4.78 is 0. The molecule has 1 amide bonds. The lowest BCUT2D eigenvalue weighted by molar-refractivity contribution is 0.0946. The Morgan fingerprint density at radius 3 is 2.90 bits per heavy atom. The number of pyridine rings is 1. The lowest BCUT2D eigenvalue weighted by Crippen LogP contribution is -2.24. The Kier molecular flexibility index (Phi) is 3.21. The standard InChI is InChI=1S/C16H15N3O/c1-11-5-4-8-17-15(11)10-18-16(20)14-9-12-6-2-3-7-13(12)19-14/h2-9,19H,10H2,1H3,(H,18,20). The Labute approximate surface area is 116 Å². The maximum Gasteiger partial charge on any atom is 0.268 e. The molecule has 0 saturated carbocycles. The van der Waals surface area contributed by atoms with Crippen molar-refractivity contribution in [3.05, 3.63) is 65.6 Å². The number of para-hydroxylation sites is 1. The molecular formula is C16H15N3O. The Morgan fingerprint density at radius 2 is 2.10 bits per heavy atom. The first-order valence-corrected chi connectivity index (χ1v) is 6.50. The van der Waals surface area contributed by atoms with Crippen molar-refractivity contribution in [1.29, 1.82) is 0 Å². The minimum absolute atomic E-state index is 0.119. The van der Waals surface area contributed by atoms with Crippen LogP contribution in [0.25, 0.3) is 10.9 Å². The topological polar surface area (TPSA) is 57.8 Å². The molecule has 2 aromatic heterocycles. The maximum atomic E-state index is 12.1. The predicted octanol–water partition coefficient (Wildman–Crippen LogP) is 2.80. The largest absolute Gasteiger partial charge is 0.351 e. The van der Waals surface area contributed by atoms with Gasteiger partial charge >= 0.3 is 0 Å². The number of nitrogens with zero attached hydrogens (tertiary/aromatic N) is 1. The molecule has 2 heterocycles. The summed E-state index contributed by atoms with van der Waals surface area (Å²) in [6.07, 6.45) is 1.73. The molecule has 20 heavy (non-hydrogen) atoms. The van der Waals surface area contributed by atoms with Crippen molar-refractivity contribution in [3.63, 3.8) is 0 Å². The van der Waals surface area contributed by atoms with Gasteiger partial charge < -0.3 is 10.3 Å². The third-order valence-corrected chi connectivity index (χ3v) is 3.31. The Morgan fingerprint density at radius 1 is 1.25 bits per heavy atom. The van der Waals surface area contributed by atoms with E-state index in [4.69, 9.17) is 0 Å². The normalized spacial score (nSPS) is 10.7. The van der Waals surface area contributed by atoms with Gasteiger partial charge in [0.15, 0.2) is 0 Å². The van der Waals surface area contributed by atoms with Crippen LogP contribution in [-0.4, -0.2) is 15.9 Å². The molecule has 0 radical (unpaired) electrons. The molecule has 0 unspecified atom stereocenters. The van der Waals surface area contributed by atoms with E-state index in [-0.39, 0.29) is 5.91 Å². The maximum absolute atomic E-state index is 12.1. The number of carbonyl (C=O) groups is 1. The number of nitrogens with one attached hydrogen (secondary N) is 2. The van der Waals surface area contributed by atoms with Gasteiger partial charge in [-0.15, -0.1) is 0 Å². The Hall–Kier alpha value is -2.62. The van der Waals surface area contributed by atoms with Crippen LogP contribution < -0.4 is 5.32 Å². The first kappa shape index (κ1) is 12.4. The van der Waals surface area contributed by atoms with Crippen LogP contribution in [0.4, 0.5) is 0 Å². The van der Waals surface area contributed by atoms with Crippen LogP contribution in [0.5, 0.6) is 0 Å². The molecule has 0 aliphatic carbocycles. The van der Waals surface area contributed by atoms with E-state index in [0.29, 0.717) is 12.2 Å². The average molecular weight is 265 g/mol. The quantitative estimate of drug-likeness (QED) is 0.765. The summed E-state index contributed by atoms with van der Waals surface area (Å²) in [6.45, 7) is 2.41. The molecule has 0 atom stereocenters. The highest BCUT2D eigenvalue weighted by Gasteiger charge is 2.09. The van der Waals surface area contributed by atoms with Gasteiger partial charge in [-0.05, 0) is 30.7 Å². The van der Waals surface area contributed by atoms with Gasteiger partial charge in [0.05, 0.1) is 12.2 Å². The summed E-state index contributed by atoms with van der Waals surface area (Å²) >= 11 is 0. The molecular weight excluding hydrogens is 250 g/mol. The van der Waals surface area contributed by atoms with Gasteiger partial charge in [-0.3, -0.25) is 9.78 Å². The van der Waals surface area contributed by atoms with Gasteiger partial charge in [0.25, 0.3) is 5.91 Å². The van der Waals surface area contributed by atoms with E-state index in [1.807, 2.05) is 49.4 Å². The van der Waals surface area contributed by atoms with Crippen molar-refractivity contribution in [1.82, 2.24) is 15.3 Å². The van der Waals surface area contributed by atoms with E-state index >= 15 is 0 Å². The molecule has 100 valence electrons. The van der Waals surface area contributed by atoms with Crippen LogP contribution >= 0.6 is 0 Å². The van der Waals surface area contributed by atoms with Crippen molar-refractivity contribution in [3.8, 4) is 0 Å². The summed E-state index contributed by atoms with van der Waals surface area (Å²) in [7, 11) is 0. The molecule has 4 nitrogen and oxygen atoms in total. The number of aryl methyl sites for hydroxylation is 1. The molecule has 0 fully saturated rings. The minimum atomic E-state index is -0.119. The van der Waals surface area contributed by atoms with E-state index in [9.17, 15) is 4.79 Å². The second-order valence-electron chi connectivity index (χ2n) is 4.72. The minimum Gasteiger partial charge on any atom is -0.351 e. The zero-order valence-corrected chi connectivity index (χ0v) is 11.2. The number of aromatic nitrogens is 2. The average Bonchev–Trinajstić information content (AvgIpc) is 2.90. The van der Waals surface area contributed by atoms with Crippen molar-refractivity contribution < 1.29 is 4.79 Å². The van der Waals surface area contributed by atoms with E-state index in [2.05, 4.69) is 15.3 Å². The number of carbonyl (C=O) groups excluding carboxylic acids is 1. The molecule has 0 spiro atoms. The fraction of sp³-hybridized carbons (Fsp3) is 0.125. The zero-order chi connectivity index (χ0) is 13.9. The third kappa shape index (κ3) is 2.40. The van der Waals surface area contributed by atoms with Crippen LogP contribution in [0, 0.1) is 6.92 Å². The molecule has 0 aliphatic rings. The lowest BCUT2D eigenvalue weighted by atomic mass is 10.2. The highest BCUT2D eigenvalue weighted by Crippen LogP contribution is 2.14. The highest BCUT2D eigenvalue weighted by molar-refractivity contribution is 5.97. The number of H-pyrrole nitrogens is 1. The zero-order valence-electron chi connectivity index (χ0n) is 11.2. The number of hydrogen-bond donors (Lipinski definition) is 2. The Balaban J connectivity index is 1.75. The van der Waals surface area contributed by atoms with E-state index in [1.165, 1.54) is 0 Å². The van der Waals surface area contributed by atoms with Gasteiger partial charge in [-0.2, -0.15) is 0 Å². The number of aromatic amines is 1. The molecule has 3 aromatic rings. The Bertz CT molecular complexity index is 728. The number of benzene rings is 1. The SMILES string of the molecule is Cc1cccnc1CNC(=O)c1cc2ccccc2[nH]1. The van der Waals surface area contributed by atoms with Gasteiger partial charge in [0, 0.05) is 17.1 Å². The van der Waals surface area contributed by atoms with E-state index in [1.54, 1.807) is 6.20 Å². The molecule has 3 rings (SSSR count). The van der Waals surface area contributed by atoms with Crippen LogP contribution in [-0.2, 0) is 6.54 Å². The van der Waals surface area contributed by atoms with Crippen LogP contribution in [0.3, 0.4) is 0 Å². The van der Waals surface area contributed by atoms with Crippen LogP contribution in [0.15, 0.2) is 48.7 Å². The summed E-state index contributed by atoms with van der Waals surface area (Å²) in [4.78, 5) is 19.5. The fourth-order valence-electron chi connectivity index (χ4n) is 2.16. The molecule has 1 aromatic carbocycles. The first-order valence-electron chi connectivity index (χ1n) is 6.50. The van der Waals surface area contributed by atoms with Crippen LogP contribution in [0.2, 0.25) is 0 Å². The smallest absolute Gasteiger partial charge is 0.268 e. The number of amides is 1. The monoisotopic (exact) mass is 265 g/mol. The van der Waals surface area contributed by atoms with Gasteiger partial charge in [0.1, 0.15) is 5.69 Å². The summed E-state index contributed by atoms with van der Waals surface area (Å²) in [6, 6.07) is 13.6. The lowest BCUT2D eigenvalue weighted by Gasteiger charge is -2.05. The summed E-state index contributed by atoms with van der Waals surface area (Å²) in [5, 5.41) is 3.92. The second kappa shape index (κ2) is 5.17. The van der Waals surface area contributed by atoms with Crippen molar-refractivity contribution >= 4 is 16.8 Å². The highest BCUT2D eigenvalue weighted by atomic mass is 16.1. The van der Waals surface area contributed by atoms with Gasteiger partial charge in [-0.1, -0.05) is 24.3 Å². The summed E-state index contributed by atoms with van der Waals surface area (Å²) in [5.74, 6) is -0.119. The predicted molar refractivity (Wildman–Crippen MR) is 78.4 cm³/mol. The fourth-order valence-corrected chi connectivity index (χ4v) is 2.16. The van der Waals surface area contributed by atoms with E-state index < -0.39 is 0 Å². The third-order valence-electron chi connectivity index (χ3n) is 3.31. The van der Waals surface area contributed by atoms with Crippen molar-refractivity contribution in [2.45, 2.75) is 13.5 Å². The molecule has 0 aliphatic heterocycles. The number of rotatable bonds is 3. The van der Waals surface area contributed by atoms with Gasteiger partial charge in [0.2, 0.25) is 0 Å². The summed E-state index contributed by atoms with van der Waals surface area (Å²) in [5.41, 5.74) is 3.49. The molecule has 4 heteroatoms. The van der Waals surface area contributed by atoms with Crippen LogP contribution in [0.1, 0.15) is 21.7 Å². The molecule has 0 saturated heterocycles. The van der Waals surface area contributed by atoms with Crippen molar-refractivity contribution in [2.24, 2.45) is 0 Å². The van der Waals surface area contributed by atoms with E-state index in [0.717, 1.165) is 22.2 Å². The second-order valence-corrected chi connectivity index (χ2v) is 4.72. The van der Waals surface area contributed by atoms with Crippen molar-refractivity contribution in [2.75, 3.05) is 0 Å². The molecule has 0 bridgehead atoms.